The summed E-state index contributed by atoms with van der Waals surface area (Å²) in [6.07, 6.45) is 1.67. The van der Waals surface area contributed by atoms with Crippen LogP contribution >= 0.6 is 11.3 Å². The summed E-state index contributed by atoms with van der Waals surface area (Å²) in [5, 5.41) is 20.3. The van der Waals surface area contributed by atoms with Gasteiger partial charge in [0.15, 0.2) is 0 Å². The first-order chi connectivity index (χ1) is 16.9. The summed E-state index contributed by atoms with van der Waals surface area (Å²) in [6.45, 7) is 3.20. The van der Waals surface area contributed by atoms with E-state index in [-0.39, 0.29) is 17.9 Å². The van der Waals surface area contributed by atoms with E-state index in [4.69, 9.17) is 0 Å². The van der Waals surface area contributed by atoms with Crippen LogP contribution in [0.25, 0.3) is 0 Å². The number of hydrogen-bond donors (Lipinski definition) is 3. The molecule has 1 saturated heterocycles. The van der Waals surface area contributed by atoms with E-state index in [0.29, 0.717) is 24.1 Å². The van der Waals surface area contributed by atoms with Crippen LogP contribution in [-0.4, -0.2) is 58.6 Å². The SMILES string of the molecule is Cc1csc(CN(C)C(=O)c2cccc(C(=O)N[C@@H](Cc3ccccc3)[C@H](O)[C@H]3CCCN3)c2)n1. The van der Waals surface area contributed by atoms with Gasteiger partial charge in [0, 0.05) is 35.3 Å². The largest absolute Gasteiger partial charge is 0.389 e. The summed E-state index contributed by atoms with van der Waals surface area (Å²) in [4.78, 5) is 32.2. The number of thiazole rings is 1. The van der Waals surface area contributed by atoms with Gasteiger partial charge in [-0.25, -0.2) is 4.98 Å². The van der Waals surface area contributed by atoms with Crippen molar-refractivity contribution in [3.05, 3.63) is 87.4 Å². The Morgan fingerprint density at radius 1 is 1.20 bits per heavy atom. The van der Waals surface area contributed by atoms with Crippen molar-refractivity contribution < 1.29 is 14.7 Å². The van der Waals surface area contributed by atoms with Crippen molar-refractivity contribution in [3.8, 4) is 0 Å². The van der Waals surface area contributed by atoms with Crippen molar-refractivity contribution in [1.29, 1.82) is 0 Å². The number of carbonyl (C=O) groups is 2. The van der Waals surface area contributed by atoms with Crippen molar-refractivity contribution >= 4 is 23.2 Å². The third-order valence-corrected chi connectivity index (χ3v) is 7.25. The summed E-state index contributed by atoms with van der Waals surface area (Å²) < 4.78 is 0. The molecule has 2 aromatic carbocycles. The van der Waals surface area contributed by atoms with E-state index in [9.17, 15) is 14.7 Å². The highest BCUT2D eigenvalue weighted by Crippen LogP contribution is 2.17. The molecular weight excluding hydrogens is 460 g/mol. The van der Waals surface area contributed by atoms with Gasteiger partial charge < -0.3 is 20.6 Å². The Hall–Kier alpha value is -3.07. The molecule has 2 heterocycles. The average molecular weight is 493 g/mol. The van der Waals surface area contributed by atoms with E-state index in [1.807, 2.05) is 42.6 Å². The molecule has 4 rings (SSSR count). The minimum absolute atomic E-state index is 0.0555. The quantitative estimate of drug-likeness (QED) is 0.427. The predicted molar refractivity (Wildman–Crippen MR) is 138 cm³/mol. The topological polar surface area (TPSA) is 94.6 Å². The zero-order valence-electron chi connectivity index (χ0n) is 20.1. The fourth-order valence-electron chi connectivity index (χ4n) is 4.42. The van der Waals surface area contributed by atoms with Crippen LogP contribution in [0.3, 0.4) is 0 Å². The number of rotatable bonds is 9. The lowest BCUT2D eigenvalue weighted by Gasteiger charge is -2.29. The van der Waals surface area contributed by atoms with Gasteiger partial charge in [0.05, 0.1) is 18.7 Å². The summed E-state index contributed by atoms with van der Waals surface area (Å²) in [7, 11) is 1.73. The Morgan fingerprint density at radius 2 is 1.97 bits per heavy atom. The molecule has 3 aromatic rings. The summed E-state index contributed by atoms with van der Waals surface area (Å²) in [6, 6.07) is 16.0. The first kappa shape index (κ1) is 25.0. The molecule has 7 nitrogen and oxygen atoms in total. The lowest BCUT2D eigenvalue weighted by molar-refractivity contribution is 0.0737. The van der Waals surface area contributed by atoms with E-state index >= 15 is 0 Å². The second kappa shape index (κ2) is 11.6. The Balaban J connectivity index is 1.47. The number of amides is 2. The van der Waals surface area contributed by atoms with Crippen LogP contribution in [0.2, 0.25) is 0 Å². The Kier molecular flexibility index (Phi) is 8.28. The third kappa shape index (κ3) is 6.54. The standard InChI is InChI=1S/C27H32N4O3S/c1-18-17-35-24(29-18)16-31(2)27(34)21-11-6-10-20(15-21)26(33)30-23(14-19-8-4-3-5-9-19)25(32)22-12-7-13-28-22/h3-6,8-11,15,17,22-23,25,28,32H,7,12-14,16H2,1-2H3,(H,30,33)/t22-,23+,25-/m1/s1. The third-order valence-electron chi connectivity index (χ3n) is 6.30. The molecule has 1 aliphatic rings. The highest BCUT2D eigenvalue weighted by molar-refractivity contribution is 7.09. The number of aryl methyl sites for hydroxylation is 1. The number of nitrogens with one attached hydrogen (secondary N) is 2. The van der Waals surface area contributed by atoms with Crippen LogP contribution in [0.1, 0.15) is 49.8 Å². The first-order valence-corrected chi connectivity index (χ1v) is 12.8. The summed E-state index contributed by atoms with van der Waals surface area (Å²) >= 11 is 1.52. The van der Waals surface area contributed by atoms with Crippen LogP contribution in [-0.2, 0) is 13.0 Å². The van der Waals surface area contributed by atoms with E-state index in [2.05, 4.69) is 15.6 Å². The van der Waals surface area contributed by atoms with Gasteiger partial charge in [-0.1, -0.05) is 36.4 Å². The molecule has 0 saturated carbocycles. The first-order valence-electron chi connectivity index (χ1n) is 11.9. The van der Waals surface area contributed by atoms with Crippen molar-refractivity contribution in [2.45, 2.75) is 50.9 Å². The van der Waals surface area contributed by atoms with Crippen LogP contribution < -0.4 is 10.6 Å². The minimum Gasteiger partial charge on any atom is -0.389 e. The number of hydrogen-bond acceptors (Lipinski definition) is 6. The Morgan fingerprint density at radius 3 is 2.66 bits per heavy atom. The Labute approximate surface area is 210 Å². The molecule has 1 fully saturated rings. The Bertz CT molecular complexity index is 1140. The monoisotopic (exact) mass is 492 g/mol. The van der Waals surface area contributed by atoms with Gasteiger partial charge in [-0.15, -0.1) is 11.3 Å². The molecule has 0 bridgehead atoms. The summed E-state index contributed by atoms with van der Waals surface area (Å²) in [5.74, 6) is -0.487. The molecule has 8 heteroatoms. The van der Waals surface area contributed by atoms with Gasteiger partial charge in [0.2, 0.25) is 0 Å². The predicted octanol–water partition coefficient (Wildman–Crippen LogP) is 3.18. The number of nitrogens with zero attached hydrogens (tertiary/aromatic N) is 2. The molecule has 2 amide bonds. The van der Waals surface area contributed by atoms with Crippen LogP contribution in [0.15, 0.2) is 60.0 Å². The maximum Gasteiger partial charge on any atom is 0.253 e. The van der Waals surface area contributed by atoms with Crippen molar-refractivity contribution in [2.24, 2.45) is 0 Å². The smallest absolute Gasteiger partial charge is 0.253 e. The second-order valence-corrected chi connectivity index (χ2v) is 10.0. The van der Waals surface area contributed by atoms with Gasteiger partial charge in [0.25, 0.3) is 11.8 Å². The van der Waals surface area contributed by atoms with E-state index in [1.54, 1.807) is 36.2 Å². The second-order valence-electron chi connectivity index (χ2n) is 9.09. The fraction of sp³-hybridized carbons (Fsp3) is 0.370. The molecule has 0 spiro atoms. The zero-order valence-corrected chi connectivity index (χ0v) is 20.9. The highest BCUT2D eigenvalue weighted by Gasteiger charge is 2.31. The van der Waals surface area contributed by atoms with Crippen molar-refractivity contribution in [1.82, 2.24) is 20.5 Å². The number of carbonyl (C=O) groups excluding carboxylic acids is 2. The van der Waals surface area contributed by atoms with Crippen LogP contribution in [0, 0.1) is 6.92 Å². The minimum atomic E-state index is -0.723. The maximum atomic E-state index is 13.2. The van der Waals surface area contributed by atoms with Crippen LogP contribution in [0.4, 0.5) is 0 Å². The van der Waals surface area contributed by atoms with E-state index in [1.165, 1.54) is 11.3 Å². The fourth-order valence-corrected chi connectivity index (χ4v) is 5.25. The normalized spacial score (nSPS) is 17.1. The van der Waals surface area contributed by atoms with Gasteiger partial charge >= 0.3 is 0 Å². The van der Waals surface area contributed by atoms with Gasteiger partial charge in [-0.05, 0) is 56.5 Å². The molecular formula is C27H32N4O3S. The average Bonchev–Trinajstić information content (AvgIpc) is 3.55. The van der Waals surface area contributed by atoms with Crippen LogP contribution in [0.5, 0.6) is 0 Å². The molecule has 35 heavy (non-hydrogen) atoms. The molecule has 0 aliphatic carbocycles. The number of aliphatic hydroxyl groups is 1. The van der Waals surface area contributed by atoms with Gasteiger partial charge in [-0.3, -0.25) is 9.59 Å². The summed E-state index contributed by atoms with van der Waals surface area (Å²) in [5.41, 5.74) is 2.80. The molecule has 1 aromatic heterocycles. The molecule has 0 radical (unpaired) electrons. The van der Waals surface area contributed by atoms with Crippen molar-refractivity contribution in [3.63, 3.8) is 0 Å². The lowest BCUT2D eigenvalue weighted by Crippen LogP contribution is -2.52. The maximum absolute atomic E-state index is 13.2. The number of aliphatic hydroxyl groups excluding tert-OH is 1. The zero-order chi connectivity index (χ0) is 24.8. The number of benzene rings is 2. The van der Waals surface area contributed by atoms with E-state index < -0.39 is 12.1 Å². The molecule has 0 unspecified atom stereocenters. The van der Waals surface area contributed by atoms with Gasteiger partial charge in [-0.2, -0.15) is 0 Å². The lowest BCUT2D eigenvalue weighted by atomic mass is 9.95. The molecule has 1 aliphatic heterocycles. The van der Waals surface area contributed by atoms with Gasteiger partial charge in [0.1, 0.15) is 5.01 Å². The highest BCUT2D eigenvalue weighted by atomic mass is 32.1. The number of aromatic nitrogens is 1. The van der Waals surface area contributed by atoms with Crippen molar-refractivity contribution in [2.75, 3.05) is 13.6 Å². The molecule has 3 N–H and O–H groups in total. The molecule has 184 valence electrons. The van der Waals surface area contributed by atoms with E-state index in [0.717, 1.165) is 35.7 Å². The molecule has 3 atom stereocenters.